The minimum absolute atomic E-state index is 0.0442. The molecule has 108 valence electrons. The second kappa shape index (κ2) is 4.91. The number of fused-ring (bicyclic) bond motifs is 1. The summed E-state index contributed by atoms with van der Waals surface area (Å²) in [7, 11) is 0. The van der Waals surface area contributed by atoms with E-state index >= 15 is 0 Å². The molecule has 3 rings (SSSR count). The van der Waals surface area contributed by atoms with Crippen molar-refractivity contribution in [3.8, 4) is 0 Å². The first kappa shape index (κ1) is 13.7. The molecule has 1 heterocycles. The first-order valence-electron chi connectivity index (χ1n) is 6.54. The van der Waals surface area contributed by atoms with Crippen LogP contribution in [0.15, 0.2) is 42.5 Å². The molecule has 21 heavy (non-hydrogen) atoms. The van der Waals surface area contributed by atoms with Crippen LogP contribution in [0.25, 0.3) is 0 Å². The Morgan fingerprint density at radius 2 is 1.81 bits per heavy atom. The van der Waals surface area contributed by atoms with Crippen LogP contribution in [0.2, 0.25) is 0 Å². The molecule has 1 aliphatic heterocycles. The summed E-state index contributed by atoms with van der Waals surface area (Å²) in [5.74, 6) is -0.405. The Hall–Kier alpha value is -2.30. The van der Waals surface area contributed by atoms with Crippen molar-refractivity contribution in [2.75, 3.05) is 11.9 Å². The molecule has 5 heteroatoms. The number of carbonyl (C=O) groups is 1. The lowest BCUT2D eigenvalue weighted by Gasteiger charge is -2.09. The SMILES string of the molecule is O=C(c1cccc(C(F)(F)F)c1)c1ccc2c(c1)NCC2. The third kappa shape index (κ3) is 2.63. The predicted molar refractivity (Wildman–Crippen MR) is 73.5 cm³/mol. The number of hydrogen-bond acceptors (Lipinski definition) is 2. The molecule has 2 aromatic rings. The zero-order valence-electron chi connectivity index (χ0n) is 11.0. The van der Waals surface area contributed by atoms with Gasteiger partial charge in [0.05, 0.1) is 5.56 Å². The van der Waals surface area contributed by atoms with Crippen LogP contribution in [0, 0.1) is 0 Å². The van der Waals surface area contributed by atoms with E-state index in [0.717, 1.165) is 36.3 Å². The molecular weight excluding hydrogens is 279 g/mol. The monoisotopic (exact) mass is 291 g/mol. The molecular formula is C16H12F3NO. The summed E-state index contributed by atoms with van der Waals surface area (Å²) < 4.78 is 38.1. The standard InChI is InChI=1S/C16H12F3NO/c17-16(18,19)13-3-1-2-11(8-13)15(21)12-5-4-10-6-7-20-14(10)9-12/h1-5,8-9,20H,6-7H2. The largest absolute Gasteiger partial charge is 0.416 e. The van der Waals surface area contributed by atoms with Crippen LogP contribution in [0.5, 0.6) is 0 Å². The lowest BCUT2D eigenvalue weighted by Crippen LogP contribution is -2.08. The maximum absolute atomic E-state index is 12.7. The quantitative estimate of drug-likeness (QED) is 0.850. The first-order valence-corrected chi connectivity index (χ1v) is 6.54. The Morgan fingerprint density at radius 1 is 1.05 bits per heavy atom. The zero-order valence-corrected chi connectivity index (χ0v) is 11.0. The van der Waals surface area contributed by atoms with Crippen molar-refractivity contribution < 1.29 is 18.0 Å². The van der Waals surface area contributed by atoms with Crippen molar-refractivity contribution in [2.45, 2.75) is 12.6 Å². The third-order valence-electron chi connectivity index (χ3n) is 3.53. The molecule has 0 amide bonds. The Morgan fingerprint density at radius 3 is 2.57 bits per heavy atom. The molecule has 0 saturated heterocycles. The second-order valence-corrected chi connectivity index (χ2v) is 4.96. The van der Waals surface area contributed by atoms with Crippen molar-refractivity contribution in [1.29, 1.82) is 0 Å². The first-order chi connectivity index (χ1) is 9.95. The highest BCUT2D eigenvalue weighted by Crippen LogP contribution is 2.30. The predicted octanol–water partition coefficient (Wildman–Crippen LogP) is 3.90. The maximum atomic E-state index is 12.7. The zero-order chi connectivity index (χ0) is 15.0. The van der Waals surface area contributed by atoms with Gasteiger partial charge < -0.3 is 5.32 Å². The molecule has 0 radical (unpaired) electrons. The summed E-state index contributed by atoms with van der Waals surface area (Å²) in [5, 5.41) is 3.15. The van der Waals surface area contributed by atoms with E-state index in [1.165, 1.54) is 12.1 Å². The minimum atomic E-state index is -4.45. The molecule has 1 aliphatic rings. The highest BCUT2D eigenvalue weighted by Gasteiger charge is 2.31. The fourth-order valence-corrected chi connectivity index (χ4v) is 2.44. The summed E-state index contributed by atoms with van der Waals surface area (Å²) >= 11 is 0. The van der Waals surface area contributed by atoms with Crippen molar-refractivity contribution in [2.24, 2.45) is 0 Å². The molecule has 0 atom stereocenters. The number of hydrogen-bond donors (Lipinski definition) is 1. The van der Waals surface area contributed by atoms with Crippen LogP contribution in [-0.4, -0.2) is 12.3 Å². The summed E-state index contributed by atoms with van der Waals surface area (Å²) in [4.78, 5) is 12.3. The highest BCUT2D eigenvalue weighted by atomic mass is 19.4. The Labute approximate surface area is 119 Å². The fraction of sp³-hybridized carbons (Fsp3) is 0.188. The van der Waals surface area contributed by atoms with Crippen LogP contribution >= 0.6 is 0 Å². The number of alkyl halides is 3. The lowest BCUT2D eigenvalue weighted by molar-refractivity contribution is -0.137. The van der Waals surface area contributed by atoms with E-state index in [9.17, 15) is 18.0 Å². The smallest absolute Gasteiger partial charge is 0.384 e. The van der Waals surface area contributed by atoms with E-state index in [-0.39, 0.29) is 5.56 Å². The summed E-state index contributed by atoms with van der Waals surface area (Å²) in [6.45, 7) is 0.816. The normalized spacial score (nSPS) is 13.7. The average Bonchev–Trinajstić information content (AvgIpc) is 2.93. The van der Waals surface area contributed by atoms with Gasteiger partial charge in [-0.2, -0.15) is 13.2 Å². The number of benzene rings is 2. The molecule has 0 spiro atoms. The summed E-state index contributed by atoms with van der Waals surface area (Å²) in [6, 6.07) is 9.71. The molecule has 0 aromatic heterocycles. The van der Waals surface area contributed by atoms with Gasteiger partial charge in [0.15, 0.2) is 5.78 Å². The molecule has 0 unspecified atom stereocenters. The van der Waals surface area contributed by atoms with Gasteiger partial charge in [-0.1, -0.05) is 24.3 Å². The van der Waals surface area contributed by atoms with Crippen molar-refractivity contribution in [3.05, 3.63) is 64.7 Å². The Balaban J connectivity index is 1.95. The van der Waals surface area contributed by atoms with Crippen molar-refractivity contribution in [3.63, 3.8) is 0 Å². The van der Waals surface area contributed by atoms with Gasteiger partial charge in [0, 0.05) is 23.4 Å². The lowest BCUT2D eigenvalue weighted by atomic mass is 9.99. The number of ketones is 1. The Kier molecular flexibility index (Phi) is 3.20. The van der Waals surface area contributed by atoms with Crippen LogP contribution in [0.1, 0.15) is 27.0 Å². The van der Waals surface area contributed by atoms with Crippen molar-refractivity contribution >= 4 is 11.5 Å². The number of anilines is 1. The number of nitrogens with one attached hydrogen (secondary N) is 1. The molecule has 2 nitrogen and oxygen atoms in total. The summed E-state index contributed by atoms with van der Waals surface area (Å²) in [6.07, 6.45) is -3.55. The fourth-order valence-electron chi connectivity index (χ4n) is 2.44. The van der Waals surface area contributed by atoms with Crippen LogP contribution in [-0.2, 0) is 12.6 Å². The van der Waals surface area contributed by atoms with E-state index in [0.29, 0.717) is 5.56 Å². The molecule has 0 bridgehead atoms. The Bertz CT molecular complexity index is 707. The van der Waals surface area contributed by atoms with Gasteiger partial charge >= 0.3 is 6.18 Å². The molecule has 2 aromatic carbocycles. The number of carbonyl (C=O) groups excluding carboxylic acids is 1. The van der Waals surface area contributed by atoms with Gasteiger partial charge in [0.1, 0.15) is 0 Å². The van der Waals surface area contributed by atoms with Gasteiger partial charge in [-0.3, -0.25) is 4.79 Å². The molecule has 0 aliphatic carbocycles. The van der Waals surface area contributed by atoms with Crippen LogP contribution in [0.3, 0.4) is 0 Å². The van der Waals surface area contributed by atoms with E-state index in [1.54, 1.807) is 12.1 Å². The highest BCUT2D eigenvalue weighted by molar-refractivity contribution is 6.09. The van der Waals surface area contributed by atoms with E-state index in [1.807, 2.05) is 6.07 Å². The minimum Gasteiger partial charge on any atom is -0.384 e. The van der Waals surface area contributed by atoms with Gasteiger partial charge in [-0.15, -0.1) is 0 Å². The van der Waals surface area contributed by atoms with Gasteiger partial charge in [0.25, 0.3) is 0 Å². The second-order valence-electron chi connectivity index (χ2n) is 4.96. The molecule has 0 saturated carbocycles. The molecule has 0 fully saturated rings. The average molecular weight is 291 g/mol. The maximum Gasteiger partial charge on any atom is 0.416 e. The van der Waals surface area contributed by atoms with Gasteiger partial charge in [-0.25, -0.2) is 0 Å². The summed E-state index contributed by atoms with van der Waals surface area (Å²) in [5.41, 5.74) is 1.63. The topological polar surface area (TPSA) is 29.1 Å². The molecule has 1 N–H and O–H groups in total. The van der Waals surface area contributed by atoms with E-state index < -0.39 is 17.5 Å². The third-order valence-corrected chi connectivity index (χ3v) is 3.53. The number of halogens is 3. The van der Waals surface area contributed by atoms with Crippen LogP contribution < -0.4 is 5.32 Å². The number of rotatable bonds is 2. The van der Waals surface area contributed by atoms with Gasteiger partial charge in [0.2, 0.25) is 0 Å². The van der Waals surface area contributed by atoms with E-state index in [2.05, 4.69) is 5.32 Å². The van der Waals surface area contributed by atoms with Crippen molar-refractivity contribution in [1.82, 2.24) is 0 Å². The van der Waals surface area contributed by atoms with Crippen LogP contribution in [0.4, 0.5) is 18.9 Å². The van der Waals surface area contributed by atoms with Gasteiger partial charge in [-0.05, 0) is 30.2 Å². The van der Waals surface area contributed by atoms with E-state index in [4.69, 9.17) is 0 Å².